The number of nitrogens with one attached hydrogen (secondary N) is 1. The molecule has 1 saturated heterocycles. The van der Waals surface area contributed by atoms with Crippen LogP contribution in [0.3, 0.4) is 0 Å². The molecule has 0 aliphatic carbocycles. The van der Waals surface area contributed by atoms with E-state index in [1.165, 1.54) is 5.56 Å². The second-order valence-electron chi connectivity index (χ2n) is 8.57. The van der Waals surface area contributed by atoms with Crippen LogP contribution in [0.15, 0.2) is 29.3 Å². The number of methoxy groups -OCH3 is 1. The van der Waals surface area contributed by atoms with E-state index < -0.39 is 0 Å². The molecule has 1 fully saturated rings. The number of piperazine rings is 1. The topological polar surface area (TPSA) is 70.8 Å². The number of benzene rings is 1. The lowest BCUT2D eigenvalue weighted by Crippen LogP contribution is -2.53. The van der Waals surface area contributed by atoms with Gasteiger partial charge in [-0.05, 0) is 37.0 Å². The highest BCUT2D eigenvalue weighted by Gasteiger charge is 2.20. The van der Waals surface area contributed by atoms with Crippen LogP contribution in [0, 0.1) is 12.8 Å². The first-order valence-electron chi connectivity index (χ1n) is 11.2. The largest absolute Gasteiger partial charge is 0.497 e. The lowest BCUT2D eigenvalue weighted by molar-refractivity contribution is 0.164. The Morgan fingerprint density at radius 3 is 2.38 bits per heavy atom. The van der Waals surface area contributed by atoms with Gasteiger partial charge in [-0.3, -0.25) is 4.90 Å². The summed E-state index contributed by atoms with van der Waals surface area (Å²) in [7, 11) is 3.68. The molecule has 3 rings (SSSR count). The van der Waals surface area contributed by atoms with Crippen molar-refractivity contribution in [3.05, 3.63) is 41.5 Å². The predicted molar refractivity (Wildman–Crippen MR) is 140 cm³/mol. The van der Waals surface area contributed by atoms with E-state index in [1.807, 2.05) is 30.7 Å². The Balaban J connectivity index is 0.00000363. The van der Waals surface area contributed by atoms with Crippen LogP contribution in [0.4, 0.5) is 0 Å². The summed E-state index contributed by atoms with van der Waals surface area (Å²) in [5.74, 6) is 4.32. The van der Waals surface area contributed by atoms with E-state index in [0.717, 1.165) is 69.0 Å². The molecule has 2 heterocycles. The molecule has 0 radical (unpaired) electrons. The number of hydrogen-bond donors (Lipinski definition) is 1. The summed E-state index contributed by atoms with van der Waals surface area (Å²) in [6.07, 6.45) is 0.930. The Bertz CT molecular complexity index is 843. The van der Waals surface area contributed by atoms with E-state index in [9.17, 15) is 0 Å². The zero-order valence-electron chi connectivity index (χ0n) is 20.0. The van der Waals surface area contributed by atoms with Crippen molar-refractivity contribution < 1.29 is 4.74 Å². The zero-order chi connectivity index (χ0) is 22.2. The van der Waals surface area contributed by atoms with E-state index >= 15 is 0 Å². The number of rotatable bonds is 8. The van der Waals surface area contributed by atoms with E-state index in [4.69, 9.17) is 9.73 Å². The summed E-state index contributed by atoms with van der Waals surface area (Å²) in [5.41, 5.74) is 1.28. The average molecular weight is 556 g/mol. The summed E-state index contributed by atoms with van der Waals surface area (Å²) in [6, 6.07) is 8.25. The Morgan fingerprint density at radius 1 is 1.12 bits per heavy atom. The molecule has 9 heteroatoms. The average Bonchev–Trinajstić information content (AvgIpc) is 3.09. The number of halogens is 1. The number of hydrogen-bond acceptors (Lipinski definition) is 5. The molecular formula is C23H38IN7O. The molecule has 32 heavy (non-hydrogen) atoms. The summed E-state index contributed by atoms with van der Waals surface area (Å²) >= 11 is 0. The second kappa shape index (κ2) is 13.0. The summed E-state index contributed by atoms with van der Waals surface area (Å²) < 4.78 is 7.25. The number of ether oxygens (including phenoxy) is 1. The van der Waals surface area contributed by atoms with Gasteiger partial charge in [-0.2, -0.15) is 0 Å². The fourth-order valence-corrected chi connectivity index (χ4v) is 3.77. The monoisotopic (exact) mass is 555 g/mol. The minimum atomic E-state index is 0. The van der Waals surface area contributed by atoms with Crippen molar-refractivity contribution in [3.8, 4) is 5.75 Å². The maximum absolute atomic E-state index is 5.25. The molecule has 2 aromatic rings. The molecule has 1 N–H and O–H groups in total. The molecule has 1 aromatic carbocycles. The molecule has 178 valence electrons. The molecule has 0 atom stereocenters. The summed E-state index contributed by atoms with van der Waals surface area (Å²) in [4.78, 5) is 9.82. The van der Waals surface area contributed by atoms with E-state index in [1.54, 1.807) is 7.11 Å². The first-order chi connectivity index (χ1) is 15.0. The third-order valence-electron chi connectivity index (χ3n) is 5.70. The standard InChI is InChI=1S/C23H37N7O.HI/c1-18(2)17-29-12-14-30(15-13-29)23(25-16-22-27-26-19(3)28(22)4)24-11-10-20-6-8-21(31-5)9-7-20;/h6-9,18H,10-17H2,1-5H3,(H,24,25);1H. The highest BCUT2D eigenvalue weighted by atomic mass is 127. The predicted octanol–water partition coefficient (Wildman–Crippen LogP) is 2.71. The van der Waals surface area contributed by atoms with Crippen LogP contribution in [0.2, 0.25) is 0 Å². The number of guanidine groups is 1. The molecule has 0 saturated carbocycles. The first-order valence-corrected chi connectivity index (χ1v) is 11.2. The van der Waals surface area contributed by atoms with Crippen molar-refractivity contribution in [2.75, 3.05) is 46.4 Å². The number of nitrogens with zero attached hydrogens (tertiary/aromatic N) is 6. The van der Waals surface area contributed by atoms with Crippen LogP contribution < -0.4 is 10.1 Å². The van der Waals surface area contributed by atoms with E-state index in [0.29, 0.717) is 12.5 Å². The van der Waals surface area contributed by atoms with Crippen molar-refractivity contribution in [3.63, 3.8) is 0 Å². The first kappa shape index (κ1) is 26.4. The maximum atomic E-state index is 5.25. The van der Waals surface area contributed by atoms with Crippen LogP contribution in [-0.4, -0.2) is 76.9 Å². The smallest absolute Gasteiger partial charge is 0.194 e. The van der Waals surface area contributed by atoms with Gasteiger partial charge in [0.1, 0.15) is 18.1 Å². The second-order valence-corrected chi connectivity index (χ2v) is 8.57. The Morgan fingerprint density at radius 2 is 1.81 bits per heavy atom. The van der Waals surface area contributed by atoms with Gasteiger partial charge in [0.15, 0.2) is 11.8 Å². The van der Waals surface area contributed by atoms with Gasteiger partial charge in [0.05, 0.1) is 7.11 Å². The van der Waals surface area contributed by atoms with Crippen molar-refractivity contribution in [2.24, 2.45) is 18.0 Å². The molecule has 1 aromatic heterocycles. The van der Waals surface area contributed by atoms with Gasteiger partial charge in [0.2, 0.25) is 0 Å². The van der Waals surface area contributed by atoms with Crippen molar-refractivity contribution in [2.45, 2.75) is 33.7 Å². The molecule has 1 aliphatic rings. The van der Waals surface area contributed by atoms with Gasteiger partial charge in [0.25, 0.3) is 0 Å². The van der Waals surface area contributed by atoms with Gasteiger partial charge in [-0.15, -0.1) is 34.2 Å². The highest BCUT2D eigenvalue weighted by Crippen LogP contribution is 2.12. The van der Waals surface area contributed by atoms with E-state index in [-0.39, 0.29) is 24.0 Å². The summed E-state index contributed by atoms with van der Waals surface area (Å²) in [6.45, 7) is 13.1. The minimum Gasteiger partial charge on any atom is -0.497 e. The molecule has 0 bridgehead atoms. The Kier molecular flexibility index (Phi) is 10.7. The molecule has 0 spiro atoms. The van der Waals surface area contributed by atoms with Crippen molar-refractivity contribution in [1.29, 1.82) is 0 Å². The van der Waals surface area contributed by atoms with Crippen LogP contribution in [0.1, 0.15) is 31.1 Å². The van der Waals surface area contributed by atoms with Crippen molar-refractivity contribution >= 4 is 29.9 Å². The van der Waals surface area contributed by atoms with Gasteiger partial charge >= 0.3 is 0 Å². The van der Waals surface area contributed by atoms with Crippen LogP contribution in [0.5, 0.6) is 5.75 Å². The number of aryl methyl sites for hydroxylation is 1. The lowest BCUT2D eigenvalue weighted by Gasteiger charge is -2.37. The Hall–Kier alpha value is -1.88. The lowest BCUT2D eigenvalue weighted by atomic mass is 10.1. The Labute approximate surface area is 209 Å². The quantitative estimate of drug-likeness (QED) is 0.307. The molecule has 8 nitrogen and oxygen atoms in total. The van der Waals surface area contributed by atoms with Gasteiger partial charge < -0.3 is 19.5 Å². The SMILES string of the molecule is COc1ccc(CCNC(=NCc2nnc(C)n2C)N2CCN(CC(C)C)CC2)cc1.I. The molecule has 0 amide bonds. The molecule has 1 aliphatic heterocycles. The van der Waals surface area contributed by atoms with Gasteiger partial charge in [-0.1, -0.05) is 26.0 Å². The number of aromatic nitrogens is 3. The molecule has 0 unspecified atom stereocenters. The van der Waals surface area contributed by atoms with Crippen LogP contribution >= 0.6 is 24.0 Å². The third-order valence-corrected chi connectivity index (χ3v) is 5.70. The number of aliphatic imine (C=N–C) groups is 1. The van der Waals surface area contributed by atoms with Gasteiger partial charge in [0, 0.05) is 46.3 Å². The third kappa shape index (κ3) is 7.61. The molecular weight excluding hydrogens is 517 g/mol. The highest BCUT2D eigenvalue weighted by molar-refractivity contribution is 14.0. The van der Waals surface area contributed by atoms with Gasteiger partial charge in [-0.25, -0.2) is 4.99 Å². The van der Waals surface area contributed by atoms with Crippen LogP contribution in [0.25, 0.3) is 0 Å². The zero-order valence-corrected chi connectivity index (χ0v) is 22.4. The fraction of sp³-hybridized carbons (Fsp3) is 0.609. The van der Waals surface area contributed by atoms with Crippen molar-refractivity contribution in [1.82, 2.24) is 29.9 Å². The van der Waals surface area contributed by atoms with E-state index in [2.05, 4.69) is 51.3 Å². The summed E-state index contributed by atoms with van der Waals surface area (Å²) in [5, 5.41) is 12.0. The fourth-order valence-electron chi connectivity index (χ4n) is 3.77. The minimum absolute atomic E-state index is 0. The normalized spacial score (nSPS) is 15.1. The maximum Gasteiger partial charge on any atom is 0.194 e. The van der Waals surface area contributed by atoms with Crippen LogP contribution in [-0.2, 0) is 20.0 Å².